The number of amides is 1. The molecule has 0 saturated heterocycles. The fourth-order valence-corrected chi connectivity index (χ4v) is 4.03. The van der Waals surface area contributed by atoms with Crippen LogP contribution in [0.5, 0.6) is 5.75 Å². The molecular weight excluding hydrogens is 439 g/mol. The number of methoxy groups -OCH3 is 2. The maximum Gasteiger partial charge on any atom is 0.256 e. The van der Waals surface area contributed by atoms with E-state index in [0.29, 0.717) is 22.7 Å². The Hall–Kier alpha value is -3.29. The van der Waals surface area contributed by atoms with Crippen LogP contribution >= 0.6 is 23.2 Å². The molecule has 0 saturated carbocycles. The number of rotatable bonds is 5. The van der Waals surface area contributed by atoms with Gasteiger partial charge < -0.3 is 19.4 Å². The summed E-state index contributed by atoms with van der Waals surface area (Å²) in [6, 6.07) is 9.19. The van der Waals surface area contributed by atoms with E-state index >= 15 is 0 Å². The molecule has 2 heterocycles. The average Bonchev–Trinajstić information content (AvgIpc) is 3.06. The van der Waals surface area contributed by atoms with Gasteiger partial charge in [0.05, 0.1) is 41.2 Å². The Balaban J connectivity index is 1.95. The van der Waals surface area contributed by atoms with Crippen LogP contribution in [0.4, 0.5) is 11.4 Å². The number of carbonyl (C=O) groups is 1. The minimum absolute atomic E-state index is 0.250. The van der Waals surface area contributed by atoms with E-state index in [0.717, 1.165) is 21.8 Å². The highest BCUT2D eigenvalue weighted by molar-refractivity contribution is 6.40. The molecule has 0 radical (unpaired) electrons. The minimum atomic E-state index is -0.360. The first-order valence-electron chi connectivity index (χ1n) is 9.21. The Bertz CT molecular complexity index is 1330. The highest BCUT2D eigenvalue weighted by Crippen LogP contribution is 2.39. The van der Waals surface area contributed by atoms with E-state index in [1.165, 1.54) is 25.9 Å². The van der Waals surface area contributed by atoms with Crippen LogP contribution in [0, 0.1) is 0 Å². The van der Waals surface area contributed by atoms with Crippen LogP contribution in [0.3, 0.4) is 0 Å². The normalized spacial score (nSPS) is 11.4. The molecule has 0 unspecified atom stereocenters. The van der Waals surface area contributed by atoms with E-state index in [-0.39, 0.29) is 16.0 Å². The number of aromatic nitrogens is 2. The Labute approximate surface area is 188 Å². The van der Waals surface area contributed by atoms with Gasteiger partial charge in [-0.15, -0.1) is 0 Å². The highest BCUT2D eigenvalue weighted by atomic mass is 35.5. The molecular formula is C22H18Cl2N4O3. The summed E-state index contributed by atoms with van der Waals surface area (Å²) in [6.07, 6.45) is 4.20. The average molecular weight is 457 g/mol. The topological polar surface area (TPSA) is 77.7 Å². The van der Waals surface area contributed by atoms with Crippen LogP contribution in [-0.2, 0) is 11.8 Å². The van der Waals surface area contributed by atoms with Crippen molar-refractivity contribution in [3.05, 3.63) is 58.3 Å². The zero-order chi connectivity index (χ0) is 22.1. The van der Waals surface area contributed by atoms with Crippen LogP contribution in [0.1, 0.15) is 10.4 Å². The molecule has 0 aliphatic heterocycles. The maximum atomic E-state index is 13.3. The predicted molar refractivity (Wildman–Crippen MR) is 124 cm³/mol. The number of nitrogens with zero attached hydrogens (tertiary/aromatic N) is 3. The number of fused-ring (bicyclic) bond motifs is 3. The molecule has 0 aliphatic carbocycles. The van der Waals surface area contributed by atoms with Crippen LogP contribution in [0.25, 0.3) is 21.8 Å². The van der Waals surface area contributed by atoms with Crippen molar-refractivity contribution >= 4 is 68.7 Å². The fourth-order valence-electron chi connectivity index (χ4n) is 3.57. The first-order valence-corrected chi connectivity index (χ1v) is 9.96. The molecule has 31 heavy (non-hydrogen) atoms. The predicted octanol–water partition coefficient (Wildman–Crippen LogP) is 5.60. The number of halogens is 2. The quantitative estimate of drug-likeness (QED) is 0.313. The summed E-state index contributed by atoms with van der Waals surface area (Å²) in [4.78, 5) is 21.5. The molecule has 1 N–H and O–H groups in total. The standard InChI is InChI=1S/C22H18Cl2N4O3/c1-28-17-6-4-12(26-11-30-2)8-14(17)19-13(5-7-18(31-3)21(19)28)22(29)27-20-15(23)9-25-10-16(20)24/h4-11H,1-3H3,(H,25,27,29). The van der Waals surface area contributed by atoms with Crippen molar-refractivity contribution < 1.29 is 14.3 Å². The van der Waals surface area contributed by atoms with E-state index in [1.54, 1.807) is 19.2 Å². The lowest BCUT2D eigenvalue weighted by atomic mass is 10.0. The Morgan fingerprint density at radius 2 is 1.90 bits per heavy atom. The second kappa shape index (κ2) is 8.45. The summed E-state index contributed by atoms with van der Waals surface area (Å²) in [5, 5.41) is 4.88. The Morgan fingerprint density at radius 3 is 2.58 bits per heavy atom. The smallest absolute Gasteiger partial charge is 0.256 e. The zero-order valence-electron chi connectivity index (χ0n) is 16.9. The van der Waals surface area contributed by atoms with E-state index in [9.17, 15) is 4.79 Å². The third-order valence-corrected chi connectivity index (χ3v) is 5.52. The lowest BCUT2D eigenvalue weighted by molar-refractivity contribution is 0.102. The highest BCUT2D eigenvalue weighted by Gasteiger charge is 2.21. The van der Waals surface area contributed by atoms with Crippen molar-refractivity contribution in [3.8, 4) is 5.75 Å². The number of benzene rings is 2. The van der Waals surface area contributed by atoms with E-state index < -0.39 is 0 Å². The van der Waals surface area contributed by atoms with Gasteiger partial charge in [0.1, 0.15) is 5.75 Å². The molecule has 0 spiro atoms. The number of hydrogen-bond acceptors (Lipinski definition) is 5. The number of carbonyl (C=O) groups excluding carboxylic acids is 1. The molecule has 4 rings (SSSR count). The van der Waals surface area contributed by atoms with Gasteiger partial charge in [-0.05, 0) is 30.3 Å². The second-order valence-electron chi connectivity index (χ2n) is 6.70. The number of pyridine rings is 1. The number of ether oxygens (including phenoxy) is 2. The third-order valence-electron chi connectivity index (χ3n) is 4.95. The molecule has 7 nitrogen and oxygen atoms in total. The van der Waals surface area contributed by atoms with Gasteiger partial charge >= 0.3 is 0 Å². The monoisotopic (exact) mass is 456 g/mol. The molecule has 0 fully saturated rings. The summed E-state index contributed by atoms with van der Waals surface area (Å²) < 4.78 is 12.5. The first kappa shape index (κ1) is 21.0. The molecule has 4 aromatic rings. The van der Waals surface area contributed by atoms with Gasteiger partial charge in [-0.3, -0.25) is 9.78 Å². The molecule has 0 aliphatic rings. The molecule has 0 atom stereocenters. The minimum Gasteiger partial charge on any atom is -0.495 e. The van der Waals surface area contributed by atoms with Crippen LogP contribution < -0.4 is 10.1 Å². The maximum absolute atomic E-state index is 13.3. The lowest BCUT2D eigenvalue weighted by Gasteiger charge is -2.11. The van der Waals surface area contributed by atoms with Crippen LogP contribution in [-0.4, -0.2) is 36.1 Å². The van der Waals surface area contributed by atoms with Crippen molar-refractivity contribution in [1.82, 2.24) is 9.55 Å². The summed E-state index contributed by atoms with van der Waals surface area (Å²) in [5.74, 6) is 0.285. The van der Waals surface area contributed by atoms with Gasteiger partial charge in [0.25, 0.3) is 5.91 Å². The Kier molecular flexibility index (Phi) is 5.71. The van der Waals surface area contributed by atoms with Crippen molar-refractivity contribution in [3.63, 3.8) is 0 Å². The van der Waals surface area contributed by atoms with Gasteiger partial charge in [-0.2, -0.15) is 0 Å². The number of hydrogen-bond donors (Lipinski definition) is 1. The number of aliphatic imine (C=N–C) groups is 1. The molecule has 1 amide bonds. The third kappa shape index (κ3) is 3.66. The summed E-state index contributed by atoms with van der Waals surface area (Å²) in [5.41, 5.74) is 3.14. The van der Waals surface area contributed by atoms with Gasteiger partial charge in [0.2, 0.25) is 0 Å². The van der Waals surface area contributed by atoms with Crippen LogP contribution in [0.2, 0.25) is 10.0 Å². The van der Waals surface area contributed by atoms with Gasteiger partial charge in [-0.1, -0.05) is 23.2 Å². The second-order valence-corrected chi connectivity index (χ2v) is 7.52. The Morgan fingerprint density at radius 1 is 1.16 bits per heavy atom. The lowest BCUT2D eigenvalue weighted by Crippen LogP contribution is -2.13. The van der Waals surface area contributed by atoms with Gasteiger partial charge in [0, 0.05) is 41.3 Å². The van der Waals surface area contributed by atoms with Gasteiger partial charge in [-0.25, -0.2) is 4.99 Å². The molecule has 9 heteroatoms. The number of anilines is 1. The van der Waals surface area contributed by atoms with E-state index in [2.05, 4.69) is 15.3 Å². The fraction of sp³-hybridized carbons (Fsp3) is 0.136. The molecule has 2 aromatic heterocycles. The van der Waals surface area contributed by atoms with Crippen molar-refractivity contribution in [2.75, 3.05) is 19.5 Å². The van der Waals surface area contributed by atoms with E-state index in [4.69, 9.17) is 32.7 Å². The van der Waals surface area contributed by atoms with Crippen molar-refractivity contribution in [1.29, 1.82) is 0 Å². The number of aryl methyl sites for hydroxylation is 1. The van der Waals surface area contributed by atoms with Crippen molar-refractivity contribution in [2.45, 2.75) is 0 Å². The van der Waals surface area contributed by atoms with E-state index in [1.807, 2.05) is 29.8 Å². The summed E-state index contributed by atoms with van der Waals surface area (Å²) in [7, 11) is 5.04. The first-order chi connectivity index (χ1) is 15.0. The van der Waals surface area contributed by atoms with Crippen LogP contribution in [0.15, 0.2) is 47.7 Å². The number of nitrogens with one attached hydrogen (secondary N) is 1. The molecule has 158 valence electrons. The summed E-state index contributed by atoms with van der Waals surface area (Å²) in [6.45, 7) is 0. The molecule has 0 bridgehead atoms. The summed E-state index contributed by atoms with van der Waals surface area (Å²) >= 11 is 12.4. The largest absolute Gasteiger partial charge is 0.495 e. The molecule has 2 aromatic carbocycles. The van der Waals surface area contributed by atoms with Gasteiger partial charge in [0.15, 0.2) is 6.40 Å². The SMILES string of the molecule is COC=Nc1ccc2c(c1)c1c(C(=O)Nc3c(Cl)cncc3Cl)ccc(OC)c1n2C. The zero-order valence-corrected chi connectivity index (χ0v) is 18.5. The van der Waals surface area contributed by atoms with Crippen molar-refractivity contribution in [2.24, 2.45) is 12.0 Å².